The number of hydrogen-bond acceptors (Lipinski definition) is 6. The highest BCUT2D eigenvalue weighted by molar-refractivity contribution is 6.05. The minimum Gasteiger partial charge on any atom is -0.389 e. The molecule has 3 aliphatic heterocycles. The van der Waals surface area contributed by atoms with E-state index in [1.807, 2.05) is 18.2 Å². The molecular formula is C21H28N4O4. The third-order valence-corrected chi connectivity index (χ3v) is 6.17. The largest absolute Gasteiger partial charge is 0.389 e. The summed E-state index contributed by atoms with van der Waals surface area (Å²) >= 11 is 0. The lowest BCUT2D eigenvalue weighted by molar-refractivity contribution is -0.136. The minimum atomic E-state index is -0.732. The first-order chi connectivity index (χ1) is 14.0. The van der Waals surface area contributed by atoms with E-state index in [4.69, 9.17) is 0 Å². The van der Waals surface area contributed by atoms with Crippen molar-refractivity contribution in [2.45, 2.75) is 56.8 Å². The zero-order valence-electron chi connectivity index (χ0n) is 16.5. The van der Waals surface area contributed by atoms with Gasteiger partial charge in [-0.15, -0.1) is 0 Å². The van der Waals surface area contributed by atoms with Crippen LogP contribution < -0.4 is 16.0 Å². The number of nitrogens with one attached hydrogen (secondary N) is 3. The van der Waals surface area contributed by atoms with Gasteiger partial charge in [0.2, 0.25) is 11.8 Å². The van der Waals surface area contributed by atoms with Crippen LogP contribution in [0.4, 0.5) is 0 Å². The topological polar surface area (TPSA) is 111 Å². The van der Waals surface area contributed by atoms with Crippen LogP contribution in [0, 0.1) is 0 Å². The van der Waals surface area contributed by atoms with E-state index in [9.17, 15) is 19.5 Å². The summed E-state index contributed by atoms with van der Waals surface area (Å²) in [5, 5.41) is 19.7. The van der Waals surface area contributed by atoms with Gasteiger partial charge in [-0.05, 0) is 49.9 Å². The van der Waals surface area contributed by atoms with Crippen molar-refractivity contribution in [2.24, 2.45) is 0 Å². The molecule has 3 aliphatic rings. The predicted octanol–water partition coefficient (Wildman–Crippen LogP) is 0.0418. The van der Waals surface area contributed by atoms with Crippen molar-refractivity contribution < 1.29 is 19.5 Å². The summed E-state index contributed by atoms with van der Waals surface area (Å²) in [6.45, 7) is 3.07. The Labute approximate surface area is 170 Å². The van der Waals surface area contributed by atoms with E-state index in [2.05, 4.69) is 16.0 Å². The van der Waals surface area contributed by atoms with Crippen molar-refractivity contribution in [1.29, 1.82) is 0 Å². The highest BCUT2D eigenvalue weighted by atomic mass is 16.3. The Hall–Kier alpha value is -2.29. The number of fused-ring (bicyclic) bond motifs is 1. The van der Waals surface area contributed by atoms with E-state index in [0.717, 1.165) is 37.1 Å². The van der Waals surface area contributed by atoms with Crippen LogP contribution in [0.1, 0.15) is 53.6 Å². The first kappa shape index (κ1) is 20.0. The molecule has 0 spiro atoms. The Morgan fingerprint density at radius 2 is 2.07 bits per heavy atom. The highest BCUT2D eigenvalue weighted by Crippen LogP contribution is 2.30. The lowest BCUT2D eigenvalue weighted by atomic mass is 9.94. The summed E-state index contributed by atoms with van der Waals surface area (Å²) < 4.78 is 0. The highest BCUT2D eigenvalue weighted by Gasteiger charge is 2.40. The first-order valence-electron chi connectivity index (χ1n) is 10.4. The van der Waals surface area contributed by atoms with E-state index >= 15 is 0 Å². The fraction of sp³-hybridized carbons (Fsp3) is 0.571. The number of carbonyl (C=O) groups excluding carboxylic acids is 3. The van der Waals surface area contributed by atoms with Crippen LogP contribution in [0.5, 0.6) is 0 Å². The molecule has 2 saturated heterocycles. The van der Waals surface area contributed by atoms with Crippen molar-refractivity contribution in [3.05, 3.63) is 34.9 Å². The third kappa shape index (κ3) is 4.19. The van der Waals surface area contributed by atoms with Gasteiger partial charge in [-0.3, -0.25) is 19.7 Å². The fourth-order valence-corrected chi connectivity index (χ4v) is 4.56. The molecule has 1 aromatic rings. The van der Waals surface area contributed by atoms with Crippen LogP contribution in [0.15, 0.2) is 18.2 Å². The molecule has 3 amide bonds. The average molecular weight is 400 g/mol. The molecular weight excluding hydrogens is 372 g/mol. The summed E-state index contributed by atoms with van der Waals surface area (Å²) in [6, 6.07) is 5.14. The van der Waals surface area contributed by atoms with Crippen LogP contribution in [-0.2, 0) is 22.7 Å². The molecule has 0 bridgehead atoms. The van der Waals surface area contributed by atoms with E-state index in [1.165, 1.54) is 0 Å². The van der Waals surface area contributed by atoms with Gasteiger partial charge in [0, 0.05) is 31.6 Å². The molecule has 0 radical (unpaired) electrons. The van der Waals surface area contributed by atoms with Gasteiger partial charge in [-0.25, -0.2) is 0 Å². The van der Waals surface area contributed by atoms with Crippen LogP contribution >= 0.6 is 0 Å². The lowest BCUT2D eigenvalue weighted by Gasteiger charge is -2.29. The maximum Gasteiger partial charge on any atom is 0.255 e. The van der Waals surface area contributed by atoms with E-state index in [0.29, 0.717) is 38.0 Å². The quantitative estimate of drug-likeness (QED) is 0.520. The molecule has 29 heavy (non-hydrogen) atoms. The number of aliphatic hydroxyl groups is 1. The Bertz CT molecular complexity index is 817. The van der Waals surface area contributed by atoms with Crippen molar-refractivity contribution in [3.63, 3.8) is 0 Å². The van der Waals surface area contributed by atoms with Crippen LogP contribution in [0.2, 0.25) is 0 Å². The monoisotopic (exact) mass is 400 g/mol. The van der Waals surface area contributed by atoms with Crippen molar-refractivity contribution in [2.75, 3.05) is 19.6 Å². The second-order valence-corrected chi connectivity index (χ2v) is 8.28. The summed E-state index contributed by atoms with van der Waals surface area (Å²) in [5.74, 6) is -0.845. The number of piperidine rings is 1. The number of benzene rings is 1. The van der Waals surface area contributed by atoms with Crippen molar-refractivity contribution >= 4 is 17.7 Å². The molecule has 4 N–H and O–H groups in total. The zero-order valence-corrected chi connectivity index (χ0v) is 16.5. The molecule has 4 rings (SSSR count). The van der Waals surface area contributed by atoms with Gasteiger partial charge in [-0.1, -0.05) is 18.2 Å². The molecule has 0 aliphatic carbocycles. The van der Waals surface area contributed by atoms with Gasteiger partial charge in [0.25, 0.3) is 5.91 Å². The third-order valence-electron chi connectivity index (χ3n) is 6.17. The Balaban J connectivity index is 1.43. The SMILES string of the molecule is O=C1CCC(N2Cc3cccc(CNCC4(O)CCCNCC4)c3C2=O)C(=O)N1. The fourth-order valence-electron chi connectivity index (χ4n) is 4.56. The summed E-state index contributed by atoms with van der Waals surface area (Å²) in [7, 11) is 0. The van der Waals surface area contributed by atoms with Crippen molar-refractivity contribution in [1.82, 2.24) is 20.9 Å². The first-order valence-corrected chi connectivity index (χ1v) is 10.4. The number of hydrogen-bond donors (Lipinski definition) is 4. The van der Waals surface area contributed by atoms with Gasteiger partial charge in [-0.2, -0.15) is 0 Å². The number of nitrogens with zero attached hydrogens (tertiary/aromatic N) is 1. The van der Waals surface area contributed by atoms with Crippen LogP contribution in [0.3, 0.4) is 0 Å². The smallest absolute Gasteiger partial charge is 0.255 e. The Morgan fingerprint density at radius 3 is 2.90 bits per heavy atom. The van der Waals surface area contributed by atoms with Gasteiger partial charge in [0.15, 0.2) is 0 Å². The molecule has 156 valence electrons. The summed E-state index contributed by atoms with van der Waals surface area (Å²) in [4.78, 5) is 38.3. The molecule has 8 heteroatoms. The number of carbonyl (C=O) groups is 3. The molecule has 2 unspecified atom stereocenters. The second kappa shape index (κ2) is 8.22. The van der Waals surface area contributed by atoms with Crippen LogP contribution in [0.25, 0.3) is 0 Å². The summed E-state index contributed by atoms with van der Waals surface area (Å²) in [6.07, 6.45) is 3.01. The molecule has 0 aromatic heterocycles. The van der Waals surface area contributed by atoms with Crippen molar-refractivity contribution in [3.8, 4) is 0 Å². The van der Waals surface area contributed by atoms with Gasteiger partial charge in [0.1, 0.15) is 6.04 Å². The Kier molecular flexibility index (Phi) is 5.67. The molecule has 2 fully saturated rings. The summed E-state index contributed by atoms with van der Waals surface area (Å²) in [5.41, 5.74) is 1.68. The van der Waals surface area contributed by atoms with E-state index < -0.39 is 17.6 Å². The Morgan fingerprint density at radius 1 is 1.21 bits per heavy atom. The number of rotatable bonds is 5. The zero-order chi connectivity index (χ0) is 20.4. The maximum atomic E-state index is 13.1. The van der Waals surface area contributed by atoms with Gasteiger partial charge >= 0.3 is 0 Å². The van der Waals surface area contributed by atoms with Gasteiger partial charge in [0.05, 0.1) is 5.60 Å². The lowest BCUT2D eigenvalue weighted by Crippen LogP contribution is -2.52. The second-order valence-electron chi connectivity index (χ2n) is 8.28. The average Bonchev–Trinajstić information content (AvgIpc) is 2.87. The van der Waals surface area contributed by atoms with Gasteiger partial charge < -0.3 is 20.6 Å². The molecule has 1 aromatic carbocycles. The standard InChI is InChI=1S/C21H28N4O4/c26-17-6-5-16(19(27)24-17)25-12-15-4-1-3-14(18(15)20(25)28)11-23-13-21(29)7-2-9-22-10-8-21/h1,3-4,16,22-23,29H,2,5-13H2,(H,24,26,27). The van der Waals surface area contributed by atoms with Crippen LogP contribution in [-0.4, -0.2) is 59.0 Å². The molecule has 8 nitrogen and oxygen atoms in total. The maximum absolute atomic E-state index is 13.1. The van der Waals surface area contributed by atoms with E-state index in [-0.39, 0.29) is 18.2 Å². The molecule has 0 saturated carbocycles. The number of imide groups is 1. The molecule has 2 atom stereocenters. The minimum absolute atomic E-state index is 0.163. The van der Waals surface area contributed by atoms with E-state index in [1.54, 1.807) is 4.90 Å². The molecule has 3 heterocycles. The predicted molar refractivity (Wildman–Crippen MR) is 106 cm³/mol. The normalized spacial score (nSPS) is 27.6. The number of amides is 3.